The van der Waals surface area contributed by atoms with Crippen LogP contribution in [0.15, 0.2) is 42.5 Å². The van der Waals surface area contributed by atoms with Crippen molar-refractivity contribution < 1.29 is 27.9 Å². The molecule has 2 N–H and O–H groups in total. The van der Waals surface area contributed by atoms with E-state index in [1.807, 2.05) is 0 Å². The molecule has 0 bridgehead atoms. The van der Waals surface area contributed by atoms with E-state index < -0.39 is 27.8 Å². The fourth-order valence-corrected chi connectivity index (χ4v) is 4.29. The van der Waals surface area contributed by atoms with Crippen molar-refractivity contribution in [1.82, 2.24) is 0 Å². The molecule has 0 atom stereocenters. The summed E-state index contributed by atoms with van der Waals surface area (Å²) in [7, 11) is -3.72. The van der Waals surface area contributed by atoms with E-state index in [9.17, 15) is 22.8 Å². The van der Waals surface area contributed by atoms with Crippen molar-refractivity contribution >= 4 is 50.8 Å². The second-order valence-electron chi connectivity index (χ2n) is 5.72. The van der Waals surface area contributed by atoms with Gasteiger partial charge in [0, 0.05) is 12.1 Å². The highest BCUT2D eigenvalue weighted by Crippen LogP contribution is 2.29. The Morgan fingerprint density at radius 2 is 1.78 bits per heavy atom. The molecule has 10 heteroatoms. The highest BCUT2D eigenvalue weighted by atomic mass is 35.5. The number of anilines is 2. The van der Waals surface area contributed by atoms with E-state index in [4.69, 9.17) is 16.7 Å². The van der Waals surface area contributed by atoms with Crippen LogP contribution < -0.4 is 9.62 Å². The van der Waals surface area contributed by atoms with Crippen molar-refractivity contribution in [1.29, 1.82) is 0 Å². The number of nitrogens with one attached hydrogen (secondary N) is 1. The maximum atomic E-state index is 12.4. The van der Waals surface area contributed by atoms with Gasteiger partial charge in [-0.25, -0.2) is 17.5 Å². The molecular formula is C17H13ClN2O6S. The third-order valence-electron chi connectivity index (χ3n) is 3.90. The smallest absolute Gasteiger partial charge is 0.335 e. The molecule has 0 unspecified atom stereocenters. The number of carboxylic acids is 1. The van der Waals surface area contributed by atoms with Gasteiger partial charge in [-0.3, -0.25) is 9.59 Å². The molecule has 2 aromatic rings. The summed E-state index contributed by atoms with van der Waals surface area (Å²) in [5.41, 5.74) is 0.589. The summed E-state index contributed by atoms with van der Waals surface area (Å²) in [4.78, 5) is 35.0. The SMILES string of the molecule is O=C(O)c1ccc(NC(=O)c2ccc(N3C(=O)CCS3(=O)=O)cc2Cl)cc1. The minimum Gasteiger partial charge on any atom is -0.478 e. The zero-order valence-corrected chi connectivity index (χ0v) is 15.2. The van der Waals surface area contributed by atoms with Gasteiger partial charge in [-0.1, -0.05) is 11.6 Å². The quantitative estimate of drug-likeness (QED) is 0.801. The van der Waals surface area contributed by atoms with Crippen molar-refractivity contribution in [2.75, 3.05) is 15.4 Å². The number of halogens is 1. The van der Waals surface area contributed by atoms with E-state index >= 15 is 0 Å². The van der Waals surface area contributed by atoms with Gasteiger partial charge in [0.1, 0.15) is 0 Å². The molecule has 1 saturated heterocycles. The minimum atomic E-state index is -3.72. The van der Waals surface area contributed by atoms with Gasteiger partial charge in [0.25, 0.3) is 5.91 Å². The van der Waals surface area contributed by atoms with Crippen LogP contribution in [-0.4, -0.2) is 37.1 Å². The zero-order valence-electron chi connectivity index (χ0n) is 13.7. The number of carboxylic acid groups (broad SMARTS) is 1. The molecule has 0 aromatic heterocycles. The average Bonchev–Trinajstić information content (AvgIpc) is 2.88. The van der Waals surface area contributed by atoms with Crippen LogP contribution in [0.3, 0.4) is 0 Å². The number of aromatic carboxylic acids is 1. The van der Waals surface area contributed by atoms with Gasteiger partial charge >= 0.3 is 5.97 Å². The number of amides is 2. The molecule has 1 heterocycles. The third-order valence-corrected chi connectivity index (χ3v) is 5.90. The van der Waals surface area contributed by atoms with Gasteiger partial charge in [-0.05, 0) is 42.5 Å². The lowest BCUT2D eigenvalue weighted by Crippen LogP contribution is -2.29. The number of carbonyl (C=O) groups excluding carboxylic acids is 2. The van der Waals surface area contributed by atoms with Crippen LogP contribution in [0, 0.1) is 0 Å². The highest BCUT2D eigenvalue weighted by molar-refractivity contribution is 7.94. The predicted molar refractivity (Wildman–Crippen MR) is 98.7 cm³/mol. The van der Waals surface area contributed by atoms with E-state index in [2.05, 4.69) is 5.32 Å². The summed E-state index contributed by atoms with van der Waals surface area (Å²) in [6.07, 6.45) is -0.103. The van der Waals surface area contributed by atoms with Gasteiger partial charge in [-0.2, -0.15) is 0 Å². The Bertz CT molecular complexity index is 1050. The summed E-state index contributed by atoms with van der Waals surface area (Å²) in [6.45, 7) is 0. The monoisotopic (exact) mass is 408 g/mol. The summed E-state index contributed by atoms with van der Waals surface area (Å²) >= 11 is 6.11. The van der Waals surface area contributed by atoms with Gasteiger partial charge in [-0.15, -0.1) is 0 Å². The number of carbonyl (C=O) groups is 3. The Hall–Kier alpha value is -2.91. The number of hydrogen-bond acceptors (Lipinski definition) is 5. The molecule has 0 aliphatic carbocycles. The molecule has 8 nitrogen and oxygen atoms in total. The normalized spacial score (nSPS) is 15.6. The Labute approximate surface area is 159 Å². The highest BCUT2D eigenvalue weighted by Gasteiger charge is 2.36. The molecule has 27 heavy (non-hydrogen) atoms. The summed E-state index contributed by atoms with van der Waals surface area (Å²) in [5, 5.41) is 11.4. The van der Waals surface area contributed by atoms with E-state index in [1.165, 1.54) is 42.5 Å². The minimum absolute atomic E-state index is 0.0259. The van der Waals surface area contributed by atoms with Crippen molar-refractivity contribution in [3.8, 4) is 0 Å². The van der Waals surface area contributed by atoms with Crippen molar-refractivity contribution in [3.05, 3.63) is 58.6 Å². The lowest BCUT2D eigenvalue weighted by atomic mass is 10.1. The summed E-state index contributed by atoms with van der Waals surface area (Å²) in [6, 6.07) is 9.43. The second kappa shape index (κ2) is 7.01. The van der Waals surface area contributed by atoms with E-state index in [1.54, 1.807) is 0 Å². The molecule has 2 aromatic carbocycles. The Kier molecular flexibility index (Phi) is 4.90. The Morgan fingerprint density at radius 3 is 2.30 bits per heavy atom. The van der Waals surface area contributed by atoms with E-state index in [-0.39, 0.29) is 34.0 Å². The van der Waals surface area contributed by atoms with Crippen molar-refractivity contribution in [2.24, 2.45) is 0 Å². The van der Waals surface area contributed by atoms with Crippen LogP contribution in [0.5, 0.6) is 0 Å². The first kappa shape index (κ1) is 18.9. The van der Waals surface area contributed by atoms with Gasteiger partial charge in [0.15, 0.2) is 0 Å². The molecule has 1 aliphatic rings. The number of rotatable bonds is 4. The standard InChI is InChI=1S/C17H13ClN2O6S/c18-14-9-12(20-15(21)7-8-27(20,25)26)5-6-13(14)16(22)19-11-3-1-10(2-4-11)17(23)24/h1-6,9H,7-8H2,(H,19,22)(H,23,24). The molecule has 1 fully saturated rings. The van der Waals surface area contributed by atoms with Crippen LogP contribution in [0.2, 0.25) is 5.02 Å². The molecule has 140 valence electrons. The lowest BCUT2D eigenvalue weighted by molar-refractivity contribution is -0.116. The molecule has 2 amide bonds. The third kappa shape index (κ3) is 3.79. The van der Waals surface area contributed by atoms with Crippen LogP contribution in [0.4, 0.5) is 11.4 Å². The lowest BCUT2D eigenvalue weighted by Gasteiger charge is -2.16. The van der Waals surface area contributed by atoms with Crippen molar-refractivity contribution in [3.63, 3.8) is 0 Å². The van der Waals surface area contributed by atoms with Crippen LogP contribution in [-0.2, 0) is 14.8 Å². The number of nitrogens with zero attached hydrogens (tertiary/aromatic N) is 1. The molecule has 3 rings (SSSR count). The first-order valence-electron chi connectivity index (χ1n) is 7.69. The summed E-state index contributed by atoms with van der Waals surface area (Å²) < 4.78 is 24.6. The molecule has 0 saturated carbocycles. The van der Waals surface area contributed by atoms with Crippen LogP contribution in [0.1, 0.15) is 27.1 Å². The van der Waals surface area contributed by atoms with E-state index in [0.29, 0.717) is 9.99 Å². The Morgan fingerprint density at radius 1 is 1.11 bits per heavy atom. The van der Waals surface area contributed by atoms with E-state index in [0.717, 1.165) is 0 Å². The predicted octanol–water partition coefficient (Wildman–Crippen LogP) is 2.36. The number of hydrogen-bond donors (Lipinski definition) is 2. The first-order valence-corrected chi connectivity index (χ1v) is 9.68. The number of benzene rings is 2. The van der Waals surface area contributed by atoms with Gasteiger partial charge in [0.2, 0.25) is 15.9 Å². The average molecular weight is 409 g/mol. The molecule has 0 spiro atoms. The maximum Gasteiger partial charge on any atom is 0.335 e. The first-order chi connectivity index (χ1) is 12.7. The second-order valence-corrected chi connectivity index (χ2v) is 8.07. The zero-order chi connectivity index (χ0) is 19.8. The summed E-state index contributed by atoms with van der Waals surface area (Å²) in [5.74, 6) is -2.47. The maximum absolute atomic E-state index is 12.4. The topological polar surface area (TPSA) is 121 Å². The number of sulfonamides is 1. The molecule has 1 aliphatic heterocycles. The van der Waals surface area contributed by atoms with Crippen LogP contribution >= 0.6 is 11.6 Å². The molecule has 0 radical (unpaired) electrons. The largest absolute Gasteiger partial charge is 0.478 e. The van der Waals surface area contributed by atoms with Crippen molar-refractivity contribution in [2.45, 2.75) is 6.42 Å². The fourth-order valence-electron chi connectivity index (χ4n) is 2.58. The molecular weight excluding hydrogens is 396 g/mol. The van der Waals surface area contributed by atoms with Crippen LogP contribution in [0.25, 0.3) is 0 Å². The fraction of sp³-hybridized carbons (Fsp3) is 0.118. The van der Waals surface area contributed by atoms with Gasteiger partial charge in [0.05, 0.1) is 27.6 Å². The Balaban J connectivity index is 1.82. The van der Waals surface area contributed by atoms with Gasteiger partial charge < -0.3 is 10.4 Å².